The molecule has 3 aliphatic rings. The number of hydrogen-bond acceptors (Lipinski definition) is 4. The zero-order valence-corrected chi connectivity index (χ0v) is 20.9. The van der Waals surface area contributed by atoms with Gasteiger partial charge in [0.25, 0.3) is 5.91 Å². The number of nitrogens with zero attached hydrogens (tertiary/aromatic N) is 3. The van der Waals surface area contributed by atoms with E-state index in [-0.39, 0.29) is 5.91 Å². The summed E-state index contributed by atoms with van der Waals surface area (Å²) in [6.07, 6.45) is 7.91. The van der Waals surface area contributed by atoms with E-state index in [1.165, 1.54) is 54.9 Å². The van der Waals surface area contributed by atoms with Gasteiger partial charge < -0.3 is 9.80 Å². The molecule has 4 nitrogen and oxygen atoms in total. The van der Waals surface area contributed by atoms with E-state index in [0.29, 0.717) is 0 Å². The Morgan fingerprint density at radius 2 is 1.50 bits per heavy atom. The van der Waals surface area contributed by atoms with Crippen LogP contribution in [0.4, 0.5) is 5.69 Å². The molecule has 2 aromatic rings. The van der Waals surface area contributed by atoms with Crippen molar-refractivity contribution < 1.29 is 4.79 Å². The van der Waals surface area contributed by atoms with Crippen molar-refractivity contribution in [3.8, 4) is 10.4 Å². The smallest absolute Gasteiger partial charge is 0.264 e. The second-order valence-corrected chi connectivity index (χ2v) is 10.2. The van der Waals surface area contributed by atoms with E-state index in [1.807, 2.05) is 18.7 Å². The summed E-state index contributed by atoms with van der Waals surface area (Å²) in [7, 11) is 0. The minimum absolute atomic E-state index is 0.220. The van der Waals surface area contributed by atoms with Crippen LogP contribution in [-0.2, 0) is 0 Å². The Bertz CT molecular complexity index is 871. The van der Waals surface area contributed by atoms with Gasteiger partial charge in [0.05, 0.1) is 4.88 Å². The van der Waals surface area contributed by atoms with Crippen molar-refractivity contribution in [3.05, 3.63) is 40.8 Å². The van der Waals surface area contributed by atoms with Crippen LogP contribution >= 0.6 is 11.3 Å². The third kappa shape index (κ3) is 5.04. The van der Waals surface area contributed by atoms with E-state index in [2.05, 4.69) is 47.1 Å². The summed E-state index contributed by atoms with van der Waals surface area (Å²) in [6.45, 7) is 12.5. The second-order valence-electron chi connectivity index (χ2n) is 9.13. The molecule has 0 radical (unpaired) electrons. The molecule has 5 heteroatoms. The first-order chi connectivity index (χ1) is 15.7. The van der Waals surface area contributed by atoms with E-state index in [9.17, 15) is 4.79 Å². The van der Waals surface area contributed by atoms with Gasteiger partial charge in [0.1, 0.15) is 0 Å². The van der Waals surface area contributed by atoms with Crippen LogP contribution in [0.2, 0.25) is 0 Å². The first-order valence-corrected chi connectivity index (χ1v) is 13.5. The van der Waals surface area contributed by atoms with Gasteiger partial charge in [-0.15, -0.1) is 11.3 Å². The minimum Gasteiger partial charge on any atom is -0.369 e. The maximum Gasteiger partial charge on any atom is 0.264 e. The van der Waals surface area contributed by atoms with Crippen molar-refractivity contribution in [1.29, 1.82) is 0 Å². The summed E-state index contributed by atoms with van der Waals surface area (Å²) in [5.74, 6) is 0.220. The van der Waals surface area contributed by atoms with Gasteiger partial charge in [-0.2, -0.15) is 0 Å². The Morgan fingerprint density at radius 1 is 0.875 bits per heavy atom. The average molecular weight is 454 g/mol. The number of anilines is 1. The first-order valence-electron chi connectivity index (χ1n) is 12.7. The number of carbonyl (C=O) groups excluding carboxylic acids is 1. The normalized spacial score (nSPS) is 19.8. The van der Waals surface area contributed by atoms with Crippen LogP contribution < -0.4 is 4.90 Å². The number of amides is 1. The van der Waals surface area contributed by atoms with Gasteiger partial charge in [-0.25, -0.2) is 0 Å². The van der Waals surface area contributed by atoms with Crippen molar-refractivity contribution >= 4 is 22.9 Å². The summed E-state index contributed by atoms with van der Waals surface area (Å²) in [5.41, 5.74) is 3.65. The number of carbonyl (C=O) groups is 1. The van der Waals surface area contributed by atoms with Crippen LogP contribution in [0, 0.1) is 6.92 Å². The summed E-state index contributed by atoms with van der Waals surface area (Å²) >= 11 is 1.65. The standard InChI is InChI=1S/C25H33N3OS.C2H6/c1-19-18-23(30-24(19)25(29)28-12-4-5-13-28)20-8-10-22(11-9-20)27-16-14-26(15-17-27)21-6-2-3-7-21;1-2/h8-11,18,21H,2-7,12-17H2,1H3;1-2H3. The molecule has 2 aliphatic heterocycles. The van der Waals surface area contributed by atoms with Crippen molar-refractivity contribution in [3.63, 3.8) is 0 Å². The molecule has 1 amide bonds. The molecule has 1 saturated carbocycles. The predicted molar refractivity (Wildman–Crippen MR) is 137 cm³/mol. The minimum atomic E-state index is 0.220. The van der Waals surface area contributed by atoms with Crippen LogP contribution in [0.25, 0.3) is 10.4 Å². The highest BCUT2D eigenvalue weighted by molar-refractivity contribution is 7.17. The van der Waals surface area contributed by atoms with E-state index >= 15 is 0 Å². The third-order valence-electron chi connectivity index (χ3n) is 7.18. The molecule has 1 aliphatic carbocycles. The predicted octanol–water partition coefficient (Wildman–Crippen LogP) is 6.05. The number of benzene rings is 1. The van der Waals surface area contributed by atoms with Crippen molar-refractivity contribution in [2.45, 2.75) is 65.3 Å². The summed E-state index contributed by atoms with van der Waals surface area (Å²) in [6, 6.07) is 12.0. The Balaban J connectivity index is 0.00000119. The molecule has 3 fully saturated rings. The Hall–Kier alpha value is -1.85. The molecule has 1 aromatic carbocycles. The highest BCUT2D eigenvalue weighted by Crippen LogP contribution is 2.34. The molecule has 32 heavy (non-hydrogen) atoms. The summed E-state index contributed by atoms with van der Waals surface area (Å²) in [5, 5.41) is 0. The zero-order chi connectivity index (χ0) is 22.5. The van der Waals surface area contributed by atoms with Crippen LogP contribution in [0.3, 0.4) is 0 Å². The fourth-order valence-corrected chi connectivity index (χ4v) is 6.50. The number of aryl methyl sites for hydroxylation is 1. The number of piperazine rings is 1. The van der Waals surface area contributed by atoms with E-state index < -0.39 is 0 Å². The molecule has 0 spiro atoms. The number of hydrogen-bond donors (Lipinski definition) is 0. The van der Waals surface area contributed by atoms with Gasteiger partial charge in [0.15, 0.2) is 0 Å². The fraction of sp³-hybridized carbons (Fsp3) is 0.593. The van der Waals surface area contributed by atoms with Crippen LogP contribution in [0.1, 0.15) is 67.6 Å². The molecule has 0 N–H and O–H groups in total. The second kappa shape index (κ2) is 10.8. The van der Waals surface area contributed by atoms with E-state index in [0.717, 1.165) is 55.5 Å². The molecule has 0 bridgehead atoms. The SMILES string of the molecule is CC.Cc1cc(-c2ccc(N3CCN(C4CCCC4)CC3)cc2)sc1C(=O)N1CCCC1. The van der Waals surface area contributed by atoms with Crippen molar-refractivity contribution in [2.75, 3.05) is 44.2 Å². The lowest BCUT2D eigenvalue weighted by molar-refractivity contribution is 0.0797. The first kappa shape index (κ1) is 23.3. The topological polar surface area (TPSA) is 26.8 Å². The lowest BCUT2D eigenvalue weighted by Gasteiger charge is -2.39. The molecular weight excluding hydrogens is 414 g/mol. The van der Waals surface area contributed by atoms with Crippen LogP contribution in [0.15, 0.2) is 30.3 Å². The van der Waals surface area contributed by atoms with Crippen LogP contribution in [0.5, 0.6) is 0 Å². The lowest BCUT2D eigenvalue weighted by Crippen LogP contribution is -2.49. The van der Waals surface area contributed by atoms with Crippen molar-refractivity contribution in [2.24, 2.45) is 0 Å². The molecule has 174 valence electrons. The Kier molecular flexibility index (Phi) is 7.90. The van der Waals surface area contributed by atoms with E-state index in [1.54, 1.807) is 11.3 Å². The molecular formula is C27H39N3OS. The van der Waals surface area contributed by atoms with Gasteiger partial charge in [-0.1, -0.05) is 38.8 Å². The van der Waals surface area contributed by atoms with Gasteiger partial charge >= 0.3 is 0 Å². The highest BCUT2D eigenvalue weighted by Gasteiger charge is 2.26. The van der Waals surface area contributed by atoms with Gasteiger partial charge in [-0.05, 0) is 61.9 Å². The third-order valence-corrected chi connectivity index (χ3v) is 8.45. The largest absolute Gasteiger partial charge is 0.369 e. The average Bonchev–Trinajstić information content (AvgIpc) is 3.63. The summed E-state index contributed by atoms with van der Waals surface area (Å²) < 4.78 is 0. The van der Waals surface area contributed by atoms with Gasteiger partial charge in [-0.3, -0.25) is 9.69 Å². The monoisotopic (exact) mass is 453 g/mol. The Morgan fingerprint density at radius 3 is 2.12 bits per heavy atom. The molecule has 0 unspecified atom stereocenters. The molecule has 0 atom stereocenters. The lowest BCUT2D eigenvalue weighted by atomic mass is 10.1. The molecule has 3 heterocycles. The fourth-order valence-electron chi connectivity index (χ4n) is 5.35. The quantitative estimate of drug-likeness (QED) is 0.564. The van der Waals surface area contributed by atoms with E-state index in [4.69, 9.17) is 0 Å². The highest BCUT2D eigenvalue weighted by atomic mass is 32.1. The zero-order valence-electron chi connectivity index (χ0n) is 20.1. The number of thiophene rings is 1. The molecule has 1 aromatic heterocycles. The van der Waals surface area contributed by atoms with Gasteiger partial charge in [0.2, 0.25) is 0 Å². The number of likely N-dealkylation sites (tertiary alicyclic amines) is 1. The number of rotatable bonds is 4. The maximum absolute atomic E-state index is 12.8. The van der Waals surface area contributed by atoms with Crippen LogP contribution in [-0.4, -0.2) is 61.0 Å². The Labute approximate surface area is 198 Å². The van der Waals surface area contributed by atoms with Crippen molar-refractivity contribution in [1.82, 2.24) is 9.80 Å². The summed E-state index contributed by atoms with van der Waals surface area (Å²) in [4.78, 5) is 22.2. The maximum atomic E-state index is 12.8. The molecule has 2 saturated heterocycles. The van der Waals surface area contributed by atoms with Gasteiger partial charge in [0, 0.05) is 55.9 Å². The molecule has 5 rings (SSSR count).